The van der Waals surface area contributed by atoms with Crippen LogP contribution in [-0.4, -0.2) is 52.1 Å². The topological polar surface area (TPSA) is 36.9 Å². The largest absolute Gasteiger partial charge is 0.426 e. The maximum atomic E-state index is 14.2. The van der Waals surface area contributed by atoms with Crippen molar-refractivity contribution in [1.29, 1.82) is 0 Å². The van der Waals surface area contributed by atoms with Crippen molar-refractivity contribution in [3.05, 3.63) is 0 Å². The Morgan fingerprint density at radius 1 is 0.811 bits per heavy atom. The molecule has 3 fully saturated rings. The van der Waals surface area contributed by atoms with Crippen LogP contribution in [0.15, 0.2) is 0 Å². The van der Waals surface area contributed by atoms with E-state index in [4.69, 9.17) is 18.3 Å². The first-order chi connectivity index (χ1) is 16.7. The molecule has 37 heavy (non-hydrogen) atoms. The van der Waals surface area contributed by atoms with Crippen LogP contribution in [0.2, 0.25) is 11.1 Å². The van der Waals surface area contributed by atoms with Gasteiger partial charge in [-0.3, -0.25) is 0 Å². The Balaban J connectivity index is 1.80. The molecule has 3 aliphatic rings. The molecule has 1 saturated heterocycles. The van der Waals surface area contributed by atoms with Gasteiger partial charge in [-0.05, 0) is 95.4 Å². The highest BCUT2D eigenvalue weighted by Crippen LogP contribution is 2.61. The second kappa shape index (κ2) is 10.6. The zero-order valence-corrected chi connectivity index (χ0v) is 24.2. The van der Waals surface area contributed by atoms with Crippen molar-refractivity contribution in [3.8, 4) is 0 Å². The fourth-order valence-corrected chi connectivity index (χ4v) is 10.8. The summed E-state index contributed by atoms with van der Waals surface area (Å²) in [6, 6.07) is 0.675. The van der Waals surface area contributed by atoms with Gasteiger partial charge in [0.15, 0.2) is 6.29 Å². The summed E-state index contributed by atoms with van der Waals surface area (Å²) in [6.45, 7) is 12.3. The summed E-state index contributed by atoms with van der Waals surface area (Å²) in [5.74, 6) is -0.728. The van der Waals surface area contributed by atoms with Crippen molar-refractivity contribution in [2.75, 3.05) is 13.7 Å². The molecule has 0 radical (unpaired) electrons. The summed E-state index contributed by atoms with van der Waals surface area (Å²) in [7, 11) is -1.11. The van der Waals surface area contributed by atoms with Gasteiger partial charge >= 0.3 is 20.9 Å². The standard InChI is InChI=1S/C26H44F6O4Si/c1-22(2,3)36-37(33-7,23(4,5)6)16-20-14-17-12-18(20)13-19(17)15-24(25(27,28)29,26(30,31)32)35-21-10-8-9-11-34-21/h17-21H,8-16H2,1-7H3. The monoisotopic (exact) mass is 562 g/mol. The van der Waals surface area contributed by atoms with Gasteiger partial charge in [0.05, 0.1) is 5.60 Å². The third kappa shape index (κ3) is 6.52. The summed E-state index contributed by atoms with van der Waals surface area (Å²) in [6.07, 6.45) is -11.2. The van der Waals surface area contributed by atoms with Crippen LogP contribution in [0.25, 0.3) is 0 Å². The smallest absolute Gasteiger partial charge is 0.397 e. The number of fused-ring (bicyclic) bond motifs is 2. The van der Waals surface area contributed by atoms with Gasteiger partial charge in [0.2, 0.25) is 0 Å². The van der Waals surface area contributed by atoms with Crippen molar-refractivity contribution in [1.82, 2.24) is 0 Å². The van der Waals surface area contributed by atoms with E-state index in [1.807, 2.05) is 20.8 Å². The summed E-state index contributed by atoms with van der Waals surface area (Å²) < 4.78 is 108. The SMILES string of the molecule is CO[Si](CC1CC2CC1CC2CC(OC1CCCCO1)(C(F)(F)F)C(F)(F)F)(OC(C)(C)C)C(C)(C)C. The maximum Gasteiger partial charge on any atom is 0.426 e. The highest BCUT2D eigenvalue weighted by molar-refractivity contribution is 6.70. The van der Waals surface area contributed by atoms with E-state index in [1.165, 1.54) is 0 Å². The van der Waals surface area contributed by atoms with E-state index in [9.17, 15) is 26.3 Å². The molecule has 6 atom stereocenters. The molecular formula is C26H44F6O4Si. The summed E-state index contributed by atoms with van der Waals surface area (Å²) in [4.78, 5) is 0. The van der Waals surface area contributed by atoms with Crippen LogP contribution in [0.4, 0.5) is 26.3 Å². The highest BCUT2D eigenvalue weighted by Gasteiger charge is 2.74. The van der Waals surface area contributed by atoms with E-state index in [0.29, 0.717) is 38.1 Å². The van der Waals surface area contributed by atoms with Crippen molar-refractivity contribution in [2.24, 2.45) is 23.7 Å². The molecule has 218 valence electrons. The molecule has 0 aromatic carbocycles. The molecule has 0 spiro atoms. The molecule has 1 heterocycles. The van der Waals surface area contributed by atoms with Crippen LogP contribution < -0.4 is 0 Å². The zero-order valence-electron chi connectivity index (χ0n) is 23.2. The van der Waals surface area contributed by atoms with E-state index >= 15 is 0 Å². The second-order valence-electron chi connectivity index (χ2n) is 13.3. The van der Waals surface area contributed by atoms with Gasteiger partial charge in [-0.2, -0.15) is 26.3 Å². The molecular weight excluding hydrogens is 518 g/mol. The van der Waals surface area contributed by atoms with Crippen molar-refractivity contribution >= 4 is 8.56 Å². The van der Waals surface area contributed by atoms with Crippen LogP contribution in [-0.2, 0) is 18.3 Å². The second-order valence-corrected chi connectivity index (χ2v) is 17.3. The fraction of sp³-hybridized carbons (Fsp3) is 1.00. The third-order valence-corrected chi connectivity index (χ3v) is 13.5. The molecule has 0 aromatic heterocycles. The zero-order chi connectivity index (χ0) is 28.1. The Hall–Kier alpha value is -0.363. The predicted octanol–water partition coefficient (Wildman–Crippen LogP) is 8.15. The lowest BCUT2D eigenvalue weighted by Gasteiger charge is -2.47. The first-order valence-corrected chi connectivity index (χ1v) is 15.4. The summed E-state index contributed by atoms with van der Waals surface area (Å²) >= 11 is 0. The molecule has 1 aliphatic heterocycles. The highest BCUT2D eigenvalue weighted by atomic mass is 28.4. The predicted molar refractivity (Wildman–Crippen MR) is 130 cm³/mol. The van der Waals surface area contributed by atoms with Gasteiger partial charge in [0, 0.05) is 18.8 Å². The van der Waals surface area contributed by atoms with Gasteiger partial charge in [-0.1, -0.05) is 20.8 Å². The van der Waals surface area contributed by atoms with Crippen molar-refractivity contribution in [3.63, 3.8) is 0 Å². The molecule has 0 N–H and O–H groups in total. The minimum absolute atomic E-state index is 0.0248. The molecule has 2 bridgehead atoms. The Bertz CT molecular complexity index is 755. The number of halogens is 6. The molecule has 2 saturated carbocycles. The lowest BCUT2D eigenvalue weighted by molar-refractivity contribution is -0.416. The fourth-order valence-electron chi connectivity index (χ4n) is 6.76. The number of alkyl halides is 6. The Kier molecular flexibility index (Phi) is 8.89. The molecule has 11 heteroatoms. The minimum Gasteiger partial charge on any atom is -0.397 e. The number of hydrogen-bond donors (Lipinski definition) is 0. The average molecular weight is 563 g/mol. The molecule has 0 amide bonds. The first kappa shape index (κ1) is 31.2. The van der Waals surface area contributed by atoms with E-state index in [-0.39, 0.29) is 35.8 Å². The maximum absolute atomic E-state index is 14.2. The average Bonchev–Trinajstić information content (AvgIpc) is 3.29. The summed E-state index contributed by atoms with van der Waals surface area (Å²) in [5.41, 5.74) is -4.66. The quantitative estimate of drug-likeness (QED) is 0.221. The van der Waals surface area contributed by atoms with Crippen LogP contribution in [0.1, 0.15) is 86.5 Å². The molecule has 4 nitrogen and oxygen atoms in total. The Labute approximate surface area is 218 Å². The van der Waals surface area contributed by atoms with Crippen LogP contribution in [0.3, 0.4) is 0 Å². The van der Waals surface area contributed by atoms with Crippen LogP contribution in [0.5, 0.6) is 0 Å². The van der Waals surface area contributed by atoms with Crippen LogP contribution in [0, 0.1) is 23.7 Å². The van der Waals surface area contributed by atoms with E-state index in [2.05, 4.69) is 20.8 Å². The Morgan fingerprint density at radius 3 is 1.78 bits per heavy atom. The first-order valence-electron chi connectivity index (χ1n) is 13.4. The number of hydrogen-bond acceptors (Lipinski definition) is 4. The van der Waals surface area contributed by atoms with Gasteiger partial charge in [0.1, 0.15) is 0 Å². The minimum atomic E-state index is -5.60. The van der Waals surface area contributed by atoms with Crippen molar-refractivity contribution < 1.29 is 44.7 Å². The molecule has 3 rings (SSSR count). The van der Waals surface area contributed by atoms with E-state index in [1.54, 1.807) is 7.11 Å². The molecule has 6 unspecified atom stereocenters. The van der Waals surface area contributed by atoms with Gasteiger partial charge in [0.25, 0.3) is 5.60 Å². The Morgan fingerprint density at radius 2 is 1.38 bits per heavy atom. The van der Waals surface area contributed by atoms with Gasteiger partial charge in [-0.15, -0.1) is 0 Å². The lowest BCUT2D eigenvalue weighted by atomic mass is 9.76. The molecule has 2 aliphatic carbocycles. The molecule has 0 aromatic rings. The number of rotatable bonds is 8. The van der Waals surface area contributed by atoms with Crippen LogP contribution >= 0.6 is 0 Å². The van der Waals surface area contributed by atoms with E-state index in [0.717, 1.165) is 0 Å². The van der Waals surface area contributed by atoms with Gasteiger partial charge < -0.3 is 18.3 Å². The van der Waals surface area contributed by atoms with Crippen molar-refractivity contribution in [2.45, 2.75) is 127 Å². The third-order valence-electron chi connectivity index (χ3n) is 8.56. The summed E-state index contributed by atoms with van der Waals surface area (Å²) in [5, 5.41) is -0.258. The number of ether oxygens (including phenoxy) is 2. The van der Waals surface area contributed by atoms with Gasteiger partial charge in [-0.25, -0.2) is 0 Å². The lowest BCUT2D eigenvalue weighted by Crippen LogP contribution is -2.61. The normalized spacial score (nSPS) is 31.5. The van der Waals surface area contributed by atoms with E-state index < -0.39 is 50.7 Å².